The first kappa shape index (κ1) is 13.2. The standard InChI is InChI=1S/C12H20N2OS/c1-9(2)11(13)7-12(15)14(3)8-10-5-4-6-16-10/h4-6,9,11H,7-8,13H2,1-3H3. The number of nitrogens with zero attached hydrogens (tertiary/aromatic N) is 1. The lowest BCUT2D eigenvalue weighted by molar-refractivity contribution is -0.130. The first-order valence-electron chi connectivity index (χ1n) is 5.52. The Labute approximate surface area is 101 Å². The fraction of sp³-hybridized carbons (Fsp3) is 0.583. The lowest BCUT2D eigenvalue weighted by Gasteiger charge is -2.20. The highest BCUT2D eigenvalue weighted by atomic mass is 32.1. The highest BCUT2D eigenvalue weighted by molar-refractivity contribution is 7.09. The zero-order valence-corrected chi connectivity index (χ0v) is 11.0. The molecule has 0 spiro atoms. The molecule has 0 fully saturated rings. The highest BCUT2D eigenvalue weighted by Crippen LogP contribution is 2.12. The van der Waals surface area contributed by atoms with Gasteiger partial charge in [0, 0.05) is 24.4 Å². The monoisotopic (exact) mass is 240 g/mol. The van der Waals surface area contributed by atoms with Crippen molar-refractivity contribution in [2.45, 2.75) is 32.9 Å². The maximum atomic E-state index is 11.8. The van der Waals surface area contributed by atoms with E-state index in [1.165, 1.54) is 4.88 Å². The zero-order valence-electron chi connectivity index (χ0n) is 10.1. The SMILES string of the molecule is CC(C)C(N)CC(=O)N(C)Cc1cccs1. The van der Waals surface area contributed by atoms with Gasteiger partial charge in [-0.15, -0.1) is 11.3 Å². The van der Waals surface area contributed by atoms with E-state index in [2.05, 4.69) is 0 Å². The van der Waals surface area contributed by atoms with Gasteiger partial charge in [-0.1, -0.05) is 19.9 Å². The fourth-order valence-electron chi connectivity index (χ4n) is 1.32. The molecular formula is C12H20N2OS. The number of carbonyl (C=O) groups excluding carboxylic acids is 1. The van der Waals surface area contributed by atoms with E-state index in [1.807, 2.05) is 38.4 Å². The van der Waals surface area contributed by atoms with Crippen LogP contribution >= 0.6 is 11.3 Å². The van der Waals surface area contributed by atoms with Crippen molar-refractivity contribution in [1.82, 2.24) is 4.90 Å². The van der Waals surface area contributed by atoms with Crippen LogP contribution in [-0.2, 0) is 11.3 Å². The van der Waals surface area contributed by atoms with Crippen molar-refractivity contribution in [3.05, 3.63) is 22.4 Å². The fourth-order valence-corrected chi connectivity index (χ4v) is 2.07. The number of nitrogens with two attached hydrogens (primary N) is 1. The molecule has 16 heavy (non-hydrogen) atoms. The summed E-state index contributed by atoms with van der Waals surface area (Å²) >= 11 is 1.67. The summed E-state index contributed by atoms with van der Waals surface area (Å²) in [6, 6.07) is 3.99. The largest absolute Gasteiger partial charge is 0.341 e. The number of hydrogen-bond acceptors (Lipinski definition) is 3. The Balaban J connectivity index is 2.42. The minimum Gasteiger partial charge on any atom is -0.341 e. The first-order valence-corrected chi connectivity index (χ1v) is 6.40. The molecule has 0 saturated heterocycles. The zero-order chi connectivity index (χ0) is 12.1. The third-order valence-corrected chi connectivity index (χ3v) is 3.53. The molecule has 1 heterocycles. The van der Waals surface area contributed by atoms with Gasteiger partial charge in [-0.25, -0.2) is 0 Å². The molecule has 1 aromatic rings. The van der Waals surface area contributed by atoms with Crippen molar-refractivity contribution in [2.24, 2.45) is 11.7 Å². The molecule has 0 aliphatic heterocycles. The van der Waals surface area contributed by atoms with Gasteiger partial charge < -0.3 is 10.6 Å². The molecular weight excluding hydrogens is 220 g/mol. The van der Waals surface area contributed by atoms with Gasteiger partial charge >= 0.3 is 0 Å². The van der Waals surface area contributed by atoms with Crippen molar-refractivity contribution in [2.75, 3.05) is 7.05 Å². The van der Waals surface area contributed by atoms with E-state index in [0.717, 1.165) is 0 Å². The van der Waals surface area contributed by atoms with E-state index < -0.39 is 0 Å². The van der Waals surface area contributed by atoms with Crippen LogP contribution in [0.4, 0.5) is 0 Å². The maximum absolute atomic E-state index is 11.8. The van der Waals surface area contributed by atoms with Crippen LogP contribution in [0.3, 0.4) is 0 Å². The molecule has 0 aromatic carbocycles. The van der Waals surface area contributed by atoms with E-state index in [9.17, 15) is 4.79 Å². The predicted octanol–water partition coefficient (Wildman–Crippen LogP) is 2.08. The summed E-state index contributed by atoms with van der Waals surface area (Å²) < 4.78 is 0. The Morgan fingerprint density at radius 3 is 2.75 bits per heavy atom. The Hall–Kier alpha value is -0.870. The highest BCUT2D eigenvalue weighted by Gasteiger charge is 2.16. The summed E-state index contributed by atoms with van der Waals surface area (Å²) in [5, 5.41) is 2.02. The van der Waals surface area contributed by atoms with Gasteiger partial charge in [-0.05, 0) is 17.4 Å². The van der Waals surface area contributed by atoms with Crippen molar-refractivity contribution in [1.29, 1.82) is 0 Å². The van der Waals surface area contributed by atoms with E-state index in [1.54, 1.807) is 16.2 Å². The van der Waals surface area contributed by atoms with E-state index in [0.29, 0.717) is 18.9 Å². The second-order valence-corrected chi connectivity index (χ2v) is 5.47. The molecule has 1 atom stereocenters. The predicted molar refractivity (Wildman–Crippen MR) is 68.2 cm³/mol. The summed E-state index contributed by atoms with van der Waals surface area (Å²) in [6.07, 6.45) is 0.430. The average Bonchev–Trinajstić information content (AvgIpc) is 2.69. The molecule has 0 aliphatic rings. The van der Waals surface area contributed by atoms with Crippen molar-refractivity contribution in [3.8, 4) is 0 Å². The molecule has 1 unspecified atom stereocenters. The summed E-state index contributed by atoms with van der Waals surface area (Å²) in [6.45, 7) is 4.76. The summed E-state index contributed by atoms with van der Waals surface area (Å²) in [4.78, 5) is 14.8. The molecule has 2 N–H and O–H groups in total. The van der Waals surface area contributed by atoms with Crippen LogP contribution in [0.5, 0.6) is 0 Å². The van der Waals surface area contributed by atoms with Crippen LogP contribution in [0.15, 0.2) is 17.5 Å². The van der Waals surface area contributed by atoms with E-state index in [4.69, 9.17) is 5.73 Å². The third-order valence-electron chi connectivity index (χ3n) is 2.67. The molecule has 3 nitrogen and oxygen atoms in total. The summed E-state index contributed by atoms with van der Waals surface area (Å²) in [7, 11) is 1.83. The van der Waals surface area contributed by atoms with Crippen molar-refractivity contribution in [3.63, 3.8) is 0 Å². The lowest BCUT2D eigenvalue weighted by Crippen LogP contribution is -2.35. The molecule has 0 aliphatic carbocycles. The second kappa shape index (κ2) is 6.01. The quantitative estimate of drug-likeness (QED) is 0.856. The van der Waals surface area contributed by atoms with Gasteiger partial charge in [-0.3, -0.25) is 4.79 Å². The molecule has 1 amide bonds. The first-order chi connectivity index (χ1) is 7.50. The molecule has 1 aromatic heterocycles. The van der Waals surface area contributed by atoms with Gasteiger partial charge in [0.25, 0.3) is 0 Å². The average molecular weight is 240 g/mol. The smallest absolute Gasteiger partial charge is 0.224 e. The number of carbonyl (C=O) groups is 1. The third kappa shape index (κ3) is 3.94. The molecule has 4 heteroatoms. The minimum absolute atomic E-state index is 0.0433. The molecule has 90 valence electrons. The van der Waals surface area contributed by atoms with Crippen LogP contribution in [-0.4, -0.2) is 23.9 Å². The normalized spacial score (nSPS) is 12.8. The van der Waals surface area contributed by atoms with Crippen LogP contribution in [0.2, 0.25) is 0 Å². The molecule has 0 saturated carbocycles. The van der Waals surface area contributed by atoms with Gasteiger partial charge in [0.2, 0.25) is 5.91 Å². The Kier molecular flexibility index (Phi) is 4.96. The second-order valence-electron chi connectivity index (χ2n) is 4.44. The Morgan fingerprint density at radius 2 is 2.25 bits per heavy atom. The molecule has 0 bridgehead atoms. The van der Waals surface area contributed by atoms with Crippen LogP contribution < -0.4 is 5.73 Å². The topological polar surface area (TPSA) is 46.3 Å². The lowest BCUT2D eigenvalue weighted by atomic mass is 10.0. The van der Waals surface area contributed by atoms with Gasteiger partial charge in [-0.2, -0.15) is 0 Å². The summed E-state index contributed by atoms with van der Waals surface area (Å²) in [5.74, 6) is 0.466. The summed E-state index contributed by atoms with van der Waals surface area (Å²) in [5.41, 5.74) is 5.88. The van der Waals surface area contributed by atoms with E-state index >= 15 is 0 Å². The van der Waals surface area contributed by atoms with E-state index in [-0.39, 0.29) is 11.9 Å². The number of thiophene rings is 1. The van der Waals surface area contributed by atoms with Gasteiger partial charge in [0.05, 0.1) is 6.54 Å². The van der Waals surface area contributed by atoms with Gasteiger partial charge in [0.1, 0.15) is 0 Å². The van der Waals surface area contributed by atoms with Crippen LogP contribution in [0.1, 0.15) is 25.1 Å². The van der Waals surface area contributed by atoms with Crippen molar-refractivity contribution < 1.29 is 4.79 Å². The van der Waals surface area contributed by atoms with Gasteiger partial charge in [0.15, 0.2) is 0 Å². The Morgan fingerprint density at radius 1 is 1.56 bits per heavy atom. The minimum atomic E-state index is -0.0433. The number of rotatable bonds is 5. The van der Waals surface area contributed by atoms with Crippen molar-refractivity contribution >= 4 is 17.2 Å². The Bertz CT molecular complexity index is 322. The van der Waals surface area contributed by atoms with Crippen LogP contribution in [0.25, 0.3) is 0 Å². The number of hydrogen-bond donors (Lipinski definition) is 1. The number of amides is 1. The van der Waals surface area contributed by atoms with Crippen LogP contribution in [0, 0.1) is 5.92 Å². The molecule has 1 rings (SSSR count). The maximum Gasteiger partial charge on any atom is 0.224 e. The molecule has 0 radical (unpaired) electrons.